The zero-order chi connectivity index (χ0) is 9.14. The molecule has 68 valence electrons. The van der Waals surface area contributed by atoms with E-state index in [0.717, 1.165) is 0 Å². The highest BCUT2D eigenvalue weighted by atomic mass is 32.2. The van der Waals surface area contributed by atoms with Gasteiger partial charge in [-0.15, -0.1) is 0 Å². The fraction of sp³-hybridized carbons (Fsp3) is 0.625. The average molecular weight is 185 g/mol. The van der Waals surface area contributed by atoms with Crippen LogP contribution in [0, 0.1) is 0 Å². The SMILES string of the molecule is CSC(c1cnn(C)c1)C(C)N. The second-order valence-electron chi connectivity index (χ2n) is 2.96. The maximum absolute atomic E-state index is 5.83. The van der Waals surface area contributed by atoms with Crippen LogP contribution in [0.15, 0.2) is 12.4 Å². The normalized spacial score (nSPS) is 16.0. The molecule has 1 aromatic heterocycles. The number of thioether (sulfide) groups is 1. The molecule has 2 N–H and O–H groups in total. The quantitative estimate of drug-likeness (QED) is 0.769. The first-order valence-electron chi connectivity index (χ1n) is 3.92. The maximum atomic E-state index is 5.83. The topological polar surface area (TPSA) is 43.8 Å². The zero-order valence-electron chi connectivity index (χ0n) is 7.69. The Balaban J connectivity index is 2.80. The van der Waals surface area contributed by atoms with Crippen molar-refractivity contribution in [3.8, 4) is 0 Å². The molecular formula is C8H15N3S. The predicted octanol–water partition coefficient (Wildman–Crippen LogP) is 1.17. The minimum Gasteiger partial charge on any atom is -0.327 e. The number of aryl methyl sites for hydroxylation is 1. The lowest BCUT2D eigenvalue weighted by molar-refractivity contribution is 0.720. The standard InChI is InChI=1S/C8H15N3S/c1-6(9)8(12-3)7-4-10-11(2)5-7/h4-6,8H,9H2,1-3H3. The summed E-state index contributed by atoms with van der Waals surface area (Å²) in [6, 6.07) is 0.171. The third kappa shape index (κ3) is 2.01. The largest absolute Gasteiger partial charge is 0.327 e. The minimum absolute atomic E-state index is 0.171. The van der Waals surface area contributed by atoms with Gasteiger partial charge in [0.15, 0.2) is 0 Å². The van der Waals surface area contributed by atoms with Crippen LogP contribution in [-0.2, 0) is 7.05 Å². The molecule has 0 saturated carbocycles. The summed E-state index contributed by atoms with van der Waals surface area (Å²) in [5.74, 6) is 0. The molecule has 0 aromatic carbocycles. The predicted molar refractivity (Wildman–Crippen MR) is 53.1 cm³/mol. The second kappa shape index (κ2) is 3.96. The molecule has 0 aliphatic heterocycles. The Morgan fingerprint density at radius 2 is 2.33 bits per heavy atom. The van der Waals surface area contributed by atoms with Crippen LogP contribution in [0.4, 0.5) is 0 Å². The van der Waals surface area contributed by atoms with Crippen molar-refractivity contribution in [3.63, 3.8) is 0 Å². The zero-order valence-corrected chi connectivity index (χ0v) is 8.51. The Kier molecular flexibility index (Phi) is 3.17. The second-order valence-corrected chi connectivity index (χ2v) is 3.94. The van der Waals surface area contributed by atoms with Gasteiger partial charge in [0, 0.05) is 30.1 Å². The van der Waals surface area contributed by atoms with E-state index >= 15 is 0 Å². The van der Waals surface area contributed by atoms with Gasteiger partial charge in [0.25, 0.3) is 0 Å². The van der Waals surface area contributed by atoms with Crippen molar-refractivity contribution in [2.75, 3.05) is 6.26 Å². The molecule has 0 radical (unpaired) electrons. The van der Waals surface area contributed by atoms with Gasteiger partial charge in [-0.05, 0) is 13.2 Å². The number of hydrogen-bond donors (Lipinski definition) is 1. The molecule has 0 fully saturated rings. The molecule has 4 heteroatoms. The van der Waals surface area contributed by atoms with E-state index in [2.05, 4.69) is 11.4 Å². The summed E-state index contributed by atoms with van der Waals surface area (Å²) in [6.07, 6.45) is 5.97. The smallest absolute Gasteiger partial charge is 0.0533 e. The third-order valence-corrected chi connectivity index (χ3v) is 2.99. The fourth-order valence-corrected chi connectivity index (χ4v) is 2.06. The van der Waals surface area contributed by atoms with E-state index < -0.39 is 0 Å². The summed E-state index contributed by atoms with van der Waals surface area (Å²) < 4.78 is 1.81. The minimum atomic E-state index is 0.171. The number of hydrogen-bond acceptors (Lipinski definition) is 3. The van der Waals surface area contributed by atoms with Gasteiger partial charge in [0.2, 0.25) is 0 Å². The summed E-state index contributed by atoms with van der Waals surface area (Å²) in [7, 11) is 1.92. The molecule has 3 nitrogen and oxygen atoms in total. The molecule has 0 amide bonds. The van der Waals surface area contributed by atoms with Crippen molar-refractivity contribution >= 4 is 11.8 Å². The Morgan fingerprint density at radius 1 is 1.67 bits per heavy atom. The average Bonchev–Trinajstić information content (AvgIpc) is 2.37. The Morgan fingerprint density at radius 3 is 2.67 bits per heavy atom. The van der Waals surface area contributed by atoms with Crippen LogP contribution in [0.3, 0.4) is 0 Å². The lowest BCUT2D eigenvalue weighted by Gasteiger charge is -2.15. The Labute approximate surface area is 77.3 Å². The number of rotatable bonds is 3. The molecular weight excluding hydrogens is 170 g/mol. The van der Waals surface area contributed by atoms with Gasteiger partial charge in [-0.1, -0.05) is 0 Å². The first-order valence-corrected chi connectivity index (χ1v) is 5.21. The van der Waals surface area contributed by atoms with Crippen molar-refractivity contribution in [1.82, 2.24) is 9.78 Å². The van der Waals surface area contributed by atoms with E-state index in [1.54, 1.807) is 16.4 Å². The molecule has 0 bridgehead atoms. The molecule has 0 aliphatic rings. The maximum Gasteiger partial charge on any atom is 0.0533 e. The van der Waals surface area contributed by atoms with Crippen LogP contribution in [0.25, 0.3) is 0 Å². The van der Waals surface area contributed by atoms with Crippen LogP contribution in [-0.4, -0.2) is 22.1 Å². The summed E-state index contributed by atoms with van der Waals surface area (Å²) >= 11 is 1.77. The van der Waals surface area contributed by atoms with Crippen LogP contribution in [0.2, 0.25) is 0 Å². The van der Waals surface area contributed by atoms with Gasteiger partial charge in [-0.25, -0.2) is 0 Å². The fourth-order valence-electron chi connectivity index (χ4n) is 1.24. The third-order valence-electron chi connectivity index (χ3n) is 1.78. The van der Waals surface area contributed by atoms with Crippen LogP contribution in [0.1, 0.15) is 17.7 Å². The van der Waals surface area contributed by atoms with Gasteiger partial charge < -0.3 is 5.73 Å². The lowest BCUT2D eigenvalue weighted by Crippen LogP contribution is -2.21. The summed E-state index contributed by atoms with van der Waals surface area (Å²) in [4.78, 5) is 0. The first-order chi connectivity index (χ1) is 5.65. The van der Waals surface area contributed by atoms with Crippen molar-refractivity contribution in [2.45, 2.75) is 18.2 Å². The molecule has 0 saturated heterocycles. The highest BCUT2D eigenvalue weighted by Crippen LogP contribution is 2.28. The lowest BCUT2D eigenvalue weighted by atomic mass is 10.1. The van der Waals surface area contributed by atoms with Gasteiger partial charge >= 0.3 is 0 Å². The van der Waals surface area contributed by atoms with E-state index in [-0.39, 0.29) is 6.04 Å². The van der Waals surface area contributed by atoms with Crippen molar-refractivity contribution in [1.29, 1.82) is 0 Å². The molecule has 2 unspecified atom stereocenters. The molecule has 1 heterocycles. The van der Waals surface area contributed by atoms with E-state index in [1.807, 2.05) is 26.4 Å². The van der Waals surface area contributed by atoms with E-state index in [1.165, 1.54) is 5.56 Å². The van der Waals surface area contributed by atoms with E-state index in [0.29, 0.717) is 5.25 Å². The van der Waals surface area contributed by atoms with Gasteiger partial charge in [-0.3, -0.25) is 4.68 Å². The van der Waals surface area contributed by atoms with Crippen LogP contribution in [0.5, 0.6) is 0 Å². The molecule has 12 heavy (non-hydrogen) atoms. The van der Waals surface area contributed by atoms with E-state index in [9.17, 15) is 0 Å². The van der Waals surface area contributed by atoms with Crippen molar-refractivity contribution in [3.05, 3.63) is 18.0 Å². The van der Waals surface area contributed by atoms with Crippen LogP contribution < -0.4 is 5.73 Å². The van der Waals surface area contributed by atoms with Crippen LogP contribution >= 0.6 is 11.8 Å². The molecule has 1 rings (SSSR count). The van der Waals surface area contributed by atoms with Gasteiger partial charge in [-0.2, -0.15) is 16.9 Å². The number of nitrogens with two attached hydrogens (primary N) is 1. The summed E-state index contributed by atoms with van der Waals surface area (Å²) in [5, 5.41) is 4.48. The first kappa shape index (κ1) is 9.61. The summed E-state index contributed by atoms with van der Waals surface area (Å²) in [6.45, 7) is 2.02. The van der Waals surface area contributed by atoms with Gasteiger partial charge in [0.05, 0.1) is 6.20 Å². The highest BCUT2D eigenvalue weighted by molar-refractivity contribution is 7.98. The van der Waals surface area contributed by atoms with E-state index in [4.69, 9.17) is 5.73 Å². The van der Waals surface area contributed by atoms with Crippen molar-refractivity contribution < 1.29 is 0 Å². The monoisotopic (exact) mass is 185 g/mol. The molecule has 1 aromatic rings. The number of aromatic nitrogens is 2. The number of nitrogens with zero attached hydrogens (tertiary/aromatic N) is 2. The van der Waals surface area contributed by atoms with Gasteiger partial charge in [0.1, 0.15) is 0 Å². The molecule has 0 aliphatic carbocycles. The highest BCUT2D eigenvalue weighted by Gasteiger charge is 2.15. The Bertz CT molecular complexity index is 244. The summed E-state index contributed by atoms with van der Waals surface area (Å²) in [5.41, 5.74) is 7.04. The molecule has 2 atom stereocenters. The molecule has 0 spiro atoms. The Hall–Kier alpha value is -0.480. The van der Waals surface area contributed by atoms with Crippen molar-refractivity contribution in [2.24, 2.45) is 12.8 Å².